The van der Waals surface area contributed by atoms with Crippen molar-refractivity contribution >= 4 is 17.9 Å². The molecule has 0 radical (unpaired) electrons. The van der Waals surface area contributed by atoms with Crippen LogP contribution in [0.5, 0.6) is 0 Å². The molecule has 24 heavy (non-hydrogen) atoms. The molecule has 0 saturated carbocycles. The molecule has 1 aromatic carbocycles. The van der Waals surface area contributed by atoms with Gasteiger partial charge in [-0.15, -0.1) is 0 Å². The van der Waals surface area contributed by atoms with Crippen molar-refractivity contribution in [2.75, 3.05) is 13.1 Å². The van der Waals surface area contributed by atoms with E-state index in [4.69, 9.17) is 4.74 Å². The van der Waals surface area contributed by atoms with E-state index in [0.29, 0.717) is 13.1 Å². The van der Waals surface area contributed by atoms with Gasteiger partial charge >= 0.3 is 12.0 Å². The van der Waals surface area contributed by atoms with Crippen LogP contribution in [0.3, 0.4) is 0 Å². The van der Waals surface area contributed by atoms with E-state index in [0.717, 1.165) is 16.9 Å². The molecule has 1 fully saturated rings. The Morgan fingerprint density at radius 3 is 2.46 bits per heavy atom. The first-order valence-electron chi connectivity index (χ1n) is 8.30. The molecule has 1 N–H and O–H groups in total. The number of carbonyl (C=O) groups is 3. The molecule has 2 rings (SSSR count). The summed E-state index contributed by atoms with van der Waals surface area (Å²) in [6.45, 7) is 6.22. The SMILES string of the molecule is CC[C@@H](C)[C@@H](C(=O)O[C@@H](C)C(=O)N1CCNC1=O)c1ccccc1. The van der Waals surface area contributed by atoms with Crippen LogP contribution in [0.2, 0.25) is 0 Å². The lowest BCUT2D eigenvalue weighted by Gasteiger charge is -2.25. The summed E-state index contributed by atoms with van der Waals surface area (Å²) in [6, 6.07) is 8.98. The highest BCUT2D eigenvalue weighted by Crippen LogP contribution is 2.28. The smallest absolute Gasteiger partial charge is 0.324 e. The molecule has 6 heteroatoms. The average molecular weight is 332 g/mol. The van der Waals surface area contributed by atoms with Crippen LogP contribution >= 0.6 is 0 Å². The van der Waals surface area contributed by atoms with Gasteiger partial charge in [0.05, 0.1) is 5.92 Å². The fraction of sp³-hybridized carbons (Fsp3) is 0.500. The van der Waals surface area contributed by atoms with Crippen molar-refractivity contribution in [3.8, 4) is 0 Å². The maximum atomic E-state index is 12.7. The number of ether oxygens (including phenoxy) is 1. The predicted molar refractivity (Wildman–Crippen MR) is 89.3 cm³/mol. The van der Waals surface area contributed by atoms with Crippen molar-refractivity contribution in [2.24, 2.45) is 5.92 Å². The highest BCUT2D eigenvalue weighted by atomic mass is 16.5. The van der Waals surface area contributed by atoms with Crippen LogP contribution in [0.4, 0.5) is 4.79 Å². The molecule has 1 aliphatic heterocycles. The van der Waals surface area contributed by atoms with Crippen LogP contribution in [-0.4, -0.2) is 42.0 Å². The van der Waals surface area contributed by atoms with E-state index in [1.54, 1.807) is 0 Å². The Morgan fingerprint density at radius 1 is 1.25 bits per heavy atom. The van der Waals surface area contributed by atoms with E-state index in [1.807, 2.05) is 44.2 Å². The number of esters is 1. The summed E-state index contributed by atoms with van der Waals surface area (Å²) in [5, 5.41) is 2.56. The maximum absolute atomic E-state index is 12.7. The molecular weight excluding hydrogens is 308 g/mol. The Labute approximate surface area is 142 Å². The molecule has 0 spiro atoms. The van der Waals surface area contributed by atoms with Crippen molar-refractivity contribution in [3.05, 3.63) is 35.9 Å². The summed E-state index contributed by atoms with van der Waals surface area (Å²) in [5.74, 6) is -1.28. The summed E-state index contributed by atoms with van der Waals surface area (Å²) in [4.78, 5) is 37.6. The Balaban J connectivity index is 2.09. The molecule has 0 aromatic heterocycles. The molecule has 1 saturated heterocycles. The highest BCUT2D eigenvalue weighted by Gasteiger charge is 2.34. The summed E-state index contributed by atoms with van der Waals surface area (Å²) in [7, 11) is 0. The van der Waals surface area contributed by atoms with Crippen LogP contribution in [0, 0.1) is 5.92 Å². The Kier molecular flexibility index (Phi) is 5.95. The lowest BCUT2D eigenvalue weighted by Crippen LogP contribution is -2.42. The fourth-order valence-electron chi connectivity index (χ4n) is 2.79. The monoisotopic (exact) mass is 332 g/mol. The highest BCUT2D eigenvalue weighted by molar-refractivity contribution is 5.98. The summed E-state index contributed by atoms with van der Waals surface area (Å²) < 4.78 is 5.40. The minimum Gasteiger partial charge on any atom is -0.452 e. The van der Waals surface area contributed by atoms with E-state index in [2.05, 4.69) is 5.32 Å². The number of hydrogen-bond donors (Lipinski definition) is 1. The van der Waals surface area contributed by atoms with Gasteiger partial charge in [-0.2, -0.15) is 0 Å². The minimum absolute atomic E-state index is 0.0808. The molecule has 0 unspecified atom stereocenters. The van der Waals surface area contributed by atoms with Crippen LogP contribution in [0.1, 0.15) is 38.7 Å². The average Bonchev–Trinajstić information content (AvgIpc) is 3.01. The third kappa shape index (κ3) is 3.93. The number of hydrogen-bond acceptors (Lipinski definition) is 4. The van der Waals surface area contributed by atoms with Gasteiger partial charge in [-0.25, -0.2) is 4.79 Å². The van der Waals surface area contributed by atoms with Crippen molar-refractivity contribution in [1.29, 1.82) is 0 Å². The lowest BCUT2D eigenvalue weighted by atomic mass is 9.85. The van der Waals surface area contributed by atoms with Gasteiger partial charge < -0.3 is 10.1 Å². The Bertz CT molecular complexity index is 602. The largest absolute Gasteiger partial charge is 0.452 e. The van der Waals surface area contributed by atoms with E-state index < -0.39 is 29.9 Å². The van der Waals surface area contributed by atoms with Crippen molar-refractivity contribution in [1.82, 2.24) is 10.2 Å². The van der Waals surface area contributed by atoms with E-state index in [1.165, 1.54) is 6.92 Å². The predicted octanol–water partition coefficient (Wildman–Crippen LogP) is 2.30. The van der Waals surface area contributed by atoms with Crippen molar-refractivity contribution in [3.63, 3.8) is 0 Å². The molecule has 1 aromatic rings. The van der Waals surface area contributed by atoms with Gasteiger partial charge in [0.1, 0.15) is 0 Å². The third-order valence-electron chi connectivity index (χ3n) is 4.39. The zero-order valence-corrected chi connectivity index (χ0v) is 14.3. The molecule has 1 heterocycles. The maximum Gasteiger partial charge on any atom is 0.324 e. The second-order valence-corrected chi connectivity index (χ2v) is 6.07. The molecule has 3 amide bonds. The number of urea groups is 1. The lowest BCUT2D eigenvalue weighted by molar-refractivity contribution is -0.159. The number of imide groups is 1. The normalized spacial score (nSPS) is 17.8. The van der Waals surface area contributed by atoms with Gasteiger partial charge in [0.2, 0.25) is 0 Å². The first-order valence-corrected chi connectivity index (χ1v) is 8.30. The zero-order valence-electron chi connectivity index (χ0n) is 14.3. The third-order valence-corrected chi connectivity index (χ3v) is 4.39. The first-order chi connectivity index (χ1) is 11.5. The van der Waals surface area contributed by atoms with Gasteiger partial charge in [-0.1, -0.05) is 50.6 Å². The summed E-state index contributed by atoms with van der Waals surface area (Å²) >= 11 is 0. The van der Waals surface area contributed by atoms with Crippen LogP contribution in [0.15, 0.2) is 30.3 Å². The topological polar surface area (TPSA) is 75.7 Å². The second kappa shape index (κ2) is 7.95. The number of amides is 3. The Hall–Kier alpha value is -2.37. The number of carbonyl (C=O) groups excluding carboxylic acids is 3. The number of nitrogens with one attached hydrogen (secondary N) is 1. The van der Waals surface area contributed by atoms with Gasteiger partial charge in [0, 0.05) is 13.1 Å². The second-order valence-electron chi connectivity index (χ2n) is 6.07. The summed E-state index contributed by atoms with van der Waals surface area (Å²) in [5.41, 5.74) is 0.871. The van der Waals surface area contributed by atoms with Crippen LogP contribution < -0.4 is 5.32 Å². The number of nitrogens with zero attached hydrogens (tertiary/aromatic N) is 1. The number of rotatable bonds is 6. The van der Waals surface area contributed by atoms with E-state index >= 15 is 0 Å². The van der Waals surface area contributed by atoms with Gasteiger partial charge in [0.25, 0.3) is 5.91 Å². The number of benzene rings is 1. The van der Waals surface area contributed by atoms with E-state index in [-0.39, 0.29) is 5.92 Å². The van der Waals surface area contributed by atoms with Crippen LogP contribution in [0.25, 0.3) is 0 Å². The molecule has 0 bridgehead atoms. The molecule has 3 atom stereocenters. The molecular formula is C18H24N2O4. The fourth-order valence-corrected chi connectivity index (χ4v) is 2.79. The minimum atomic E-state index is -0.989. The van der Waals surface area contributed by atoms with Crippen LogP contribution in [-0.2, 0) is 14.3 Å². The van der Waals surface area contributed by atoms with Gasteiger partial charge in [-0.05, 0) is 18.4 Å². The molecule has 1 aliphatic rings. The molecule has 0 aliphatic carbocycles. The zero-order chi connectivity index (χ0) is 17.7. The van der Waals surface area contributed by atoms with Gasteiger partial charge in [0.15, 0.2) is 6.10 Å². The molecule has 130 valence electrons. The van der Waals surface area contributed by atoms with Gasteiger partial charge in [-0.3, -0.25) is 14.5 Å². The van der Waals surface area contributed by atoms with Crippen molar-refractivity contribution in [2.45, 2.75) is 39.2 Å². The van der Waals surface area contributed by atoms with E-state index in [9.17, 15) is 14.4 Å². The Morgan fingerprint density at radius 2 is 1.92 bits per heavy atom. The first kappa shape index (κ1) is 18.0. The molecule has 6 nitrogen and oxygen atoms in total. The van der Waals surface area contributed by atoms with Crippen molar-refractivity contribution < 1.29 is 19.1 Å². The summed E-state index contributed by atoms with van der Waals surface area (Å²) in [6.07, 6.45) is -0.178. The standard InChI is InChI=1S/C18H24N2O4/c1-4-12(2)15(14-8-6-5-7-9-14)17(22)24-13(3)16(21)20-11-10-19-18(20)23/h5-9,12-13,15H,4,10-11H2,1-3H3,(H,19,23)/t12-,13+,15-/m1/s1. The quantitative estimate of drug-likeness (QED) is 0.811.